The minimum absolute atomic E-state index is 0.0258. The van der Waals surface area contributed by atoms with Crippen LogP contribution < -0.4 is 0 Å². The van der Waals surface area contributed by atoms with Crippen LogP contribution in [-0.4, -0.2) is 21.9 Å². The largest absolute Gasteiger partial charge is 0.298 e. The van der Waals surface area contributed by atoms with Gasteiger partial charge in [-0.15, -0.1) is 0 Å². The van der Waals surface area contributed by atoms with Gasteiger partial charge in [0.1, 0.15) is 0 Å². The molecule has 0 aliphatic rings. The third kappa shape index (κ3) is 2.85. The van der Waals surface area contributed by atoms with Crippen molar-refractivity contribution in [1.29, 1.82) is 0 Å². The van der Waals surface area contributed by atoms with E-state index in [-0.39, 0.29) is 28.1 Å². The van der Waals surface area contributed by atoms with Gasteiger partial charge in [-0.2, -0.15) is 0 Å². The summed E-state index contributed by atoms with van der Waals surface area (Å²) in [4.78, 5) is 43.5. The Balaban J connectivity index is 2.55. The van der Waals surface area contributed by atoms with Crippen molar-refractivity contribution >= 4 is 23.4 Å². The van der Waals surface area contributed by atoms with Gasteiger partial charge in [0.2, 0.25) is 0 Å². The highest BCUT2D eigenvalue weighted by atomic mass is 16.6. The Morgan fingerprint density at radius 3 is 2.18 bits per heavy atom. The Hall–Kier alpha value is -3.42. The number of nitro groups is 2. The molecule has 0 saturated carbocycles. The van der Waals surface area contributed by atoms with Crippen LogP contribution in [0.3, 0.4) is 0 Å². The molecule has 2 rings (SSSR count). The summed E-state index contributed by atoms with van der Waals surface area (Å²) in [5.41, 5.74) is -0.868. The molecule has 8 nitrogen and oxygen atoms in total. The van der Waals surface area contributed by atoms with Crippen molar-refractivity contribution in [3.05, 3.63) is 79.4 Å². The zero-order chi connectivity index (χ0) is 16.3. The lowest BCUT2D eigenvalue weighted by molar-refractivity contribution is -0.385. The van der Waals surface area contributed by atoms with E-state index < -0.39 is 15.6 Å². The van der Waals surface area contributed by atoms with E-state index in [0.29, 0.717) is 6.29 Å². The van der Waals surface area contributed by atoms with Gasteiger partial charge in [-0.25, -0.2) is 0 Å². The predicted octanol–water partition coefficient (Wildman–Crippen LogP) is 2.55. The van der Waals surface area contributed by atoms with Gasteiger partial charge in [0, 0.05) is 41.0 Å². The number of carbonyl (C=O) groups excluding carboxylic acids is 2. The van der Waals surface area contributed by atoms with Crippen LogP contribution in [0, 0.1) is 20.2 Å². The zero-order valence-electron chi connectivity index (χ0n) is 11.0. The van der Waals surface area contributed by atoms with Gasteiger partial charge >= 0.3 is 0 Å². The lowest BCUT2D eigenvalue weighted by Gasteiger charge is -2.04. The second-order valence-electron chi connectivity index (χ2n) is 4.28. The zero-order valence-corrected chi connectivity index (χ0v) is 11.0. The molecule has 0 unspecified atom stereocenters. The highest BCUT2D eigenvalue weighted by Gasteiger charge is 2.19. The van der Waals surface area contributed by atoms with Crippen molar-refractivity contribution in [3.8, 4) is 0 Å². The Bertz CT molecular complexity index is 800. The number of benzene rings is 2. The van der Waals surface area contributed by atoms with Crippen molar-refractivity contribution in [1.82, 2.24) is 0 Å². The molecule has 22 heavy (non-hydrogen) atoms. The van der Waals surface area contributed by atoms with E-state index in [1.54, 1.807) is 0 Å². The molecule has 0 radical (unpaired) electrons. The quantitative estimate of drug-likeness (QED) is 0.362. The van der Waals surface area contributed by atoms with Crippen molar-refractivity contribution in [2.45, 2.75) is 0 Å². The number of carbonyl (C=O) groups is 2. The molecule has 0 saturated heterocycles. The molecule has 2 aromatic carbocycles. The third-order valence-corrected chi connectivity index (χ3v) is 2.94. The molecular weight excluding hydrogens is 292 g/mol. The highest BCUT2D eigenvalue weighted by Crippen LogP contribution is 2.22. The number of nitro benzene ring substituents is 2. The van der Waals surface area contributed by atoms with Crippen molar-refractivity contribution in [2.75, 3.05) is 0 Å². The number of ketones is 1. The van der Waals surface area contributed by atoms with E-state index in [4.69, 9.17) is 0 Å². The van der Waals surface area contributed by atoms with Gasteiger partial charge in [0.15, 0.2) is 12.1 Å². The average Bonchev–Trinajstić information content (AvgIpc) is 2.53. The Labute approximate surface area is 123 Å². The number of nitrogens with zero attached hydrogens (tertiary/aromatic N) is 2. The fourth-order valence-corrected chi connectivity index (χ4v) is 1.87. The van der Waals surface area contributed by atoms with Gasteiger partial charge in [-0.1, -0.05) is 12.1 Å². The number of aldehydes is 1. The first-order valence-corrected chi connectivity index (χ1v) is 5.97. The van der Waals surface area contributed by atoms with Crippen LogP contribution in [0.25, 0.3) is 0 Å². The summed E-state index contributed by atoms with van der Waals surface area (Å²) >= 11 is 0. The molecular formula is C14H8N2O6. The molecule has 0 N–H and O–H groups in total. The number of hydrogen-bond acceptors (Lipinski definition) is 6. The van der Waals surface area contributed by atoms with E-state index in [9.17, 15) is 29.8 Å². The summed E-state index contributed by atoms with van der Waals surface area (Å²) in [7, 11) is 0. The Morgan fingerprint density at radius 1 is 0.955 bits per heavy atom. The molecule has 0 atom stereocenters. The fourth-order valence-electron chi connectivity index (χ4n) is 1.87. The van der Waals surface area contributed by atoms with Crippen LogP contribution in [0.2, 0.25) is 0 Å². The van der Waals surface area contributed by atoms with E-state index in [0.717, 1.165) is 24.3 Å². The normalized spacial score (nSPS) is 10.0. The molecule has 0 fully saturated rings. The standard InChI is InChI=1S/C14H8N2O6/c17-8-10-4-5-12(16(21)22)7-13(10)14(18)9-2-1-3-11(6-9)15(19)20/h1-8H. The van der Waals surface area contributed by atoms with Crippen molar-refractivity contribution < 1.29 is 19.4 Å². The van der Waals surface area contributed by atoms with Crippen LogP contribution >= 0.6 is 0 Å². The molecule has 8 heteroatoms. The topological polar surface area (TPSA) is 120 Å². The molecule has 0 amide bonds. The highest BCUT2D eigenvalue weighted by molar-refractivity contribution is 6.13. The first-order valence-electron chi connectivity index (χ1n) is 5.97. The van der Waals surface area contributed by atoms with E-state index in [2.05, 4.69) is 0 Å². The van der Waals surface area contributed by atoms with Crippen molar-refractivity contribution in [3.63, 3.8) is 0 Å². The van der Waals surface area contributed by atoms with Gasteiger partial charge in [0.05, 0.1) is 9.85 Å². The Kier molecular flexibility index (Phi) is 4.03. The molecule has 0 bridgehead atoms. The van der Waals surface area contributed by atoms with E-state index in [1.807, 2.05) is 0 Å². The minimum atomic E-state index is -0.700. The summed E-state index contributed by atoms with van der Waals surface area (Å²) in [5, 5.41) is 21.5. The summed E-state index contributed by atoms with van der Waals surface area (Å²) in [5.74, 6) is -0.700. The van der Waals surface area contributed by atoms with Crippen LogP contribution in [-0.2, 0) is 0 Å². The van der Waals surface area contributed by atoms with Crippen LogP contribution in [0.5, 0.6) is 0 Å². The monoisotopic (exact) mass is 300 g/mol. The number of rotatable bonds is 5. The van der Waals surface area contributed by atoms with Gasteiger partial charge in [-0.3, -0.25) is 29.8 Å². The van der Waals surface area contributed by atoms with E-state index >= 15 is 0 Å². The summed E-state index contributed by atoms with van der Waals surface area (Å²) in [6, 6.07) is 8.17. The molecule has 0 heterocycles. The predicted molar refractivity (Wildman–Crippen MR) is 75.0 cm³/mol. The lowest BCUT2D eigenvalue weighted by atomic mass is 9.98. The van der Waals surface area contributed by atoms with E-state index in [1.165, 1.54) is 18.2 Å². The van der Waals surface area contributed by atoms with Gasteiger partial charge in [0.25, 0.3) is 11.4 Å². The average molecular weight is 300 g/mol. The van der Waals surface area contributed by atoms with Crippen LogP contribution in [0.15, 0.2) is 42.5 Å². The first kappa shape index (κ1) is 15.0. The maximum absolute atomic E-state index is 12.4. The van der Waals surface area contributed by atoms with Crippen LogP contribution in [0.1, 0.15) is 26.3 Å². The molecule has 2 aromatic rings. The summed E-state index contributed by atoms with van der Waals surface area (Å²) < 4.78 is 0. The maximum Gasteiger partial charge on any atom is 0.270 e. The van der Waals surface area contributed by atoms with Crippen LogP contribution in [0.4, 0.5) is 11.4 Å². The second kappa shape index (κ2) is 5.92. The molecule has 0 aliphatic carbocycles. The third-order valence-electron chi connectivity index (χ3n) is 2.94. The first-order chi connectivity index (χ1) is 10.4. The minimum Gasteiger partial charge on any atom is -0.298 e. The summed E-state index contributed by atoms with van der Waals surface area (Å²) in [6.07, 6.45) is 0.397. The smallest absolute Gasteiger partial charge is 0.270 e. The molecule has 0 aromatic heterocycles. The van der Waals surface area contributed by atoms with Crippen molar-refractivity contribution in [2.24, 2.45) is 0 Å². The molecule has 0 aliphatic heterocycles. The number of non-ortho nitro benzene ring substituents is 2. The number of hydrogen-bond donors (Lipinski definition) is 0. The fraction of sp³-hybridized carbons (Fsp3) is 0. The summed E-state index contributed by atoms with van der Waals surface area (Å²) in [6.45, 7) is 0. The molecule has 110 valence electrons. The van der Waals surface area contributed by atoms with Gasteiger partial charge < -0.3 is 0 Å². The molecule has 0 spiro atoms. The maximum atomic E-state index is 12.4. The Morgan fingerprint density at radius 2 is 1.59 bits per heavy atom. The second-order valence-corrected chi connectivity index (χ2v) is 4.28. The van der Waals surface area contributed by atoms with Gasteiger partial charge in [-0.05, 0) is 6.07 Å². The SMILES string of the molecule is O=Cc1ccc([N+](=O)[O-])cc1C(=O)c1cccc([N+](=O)[O-])c1. The lowest BCUT2D eigenvalue weighted by Crippen LogP contribution is -2.06.